The van der Waals surface area contributed by atoms with E-state index in [9.17, 15) is 13.7 Å². The summed E-state index contributed by atoms with van der Waals surface area (Å²) in [6.07, 6.45) is 1.68. The molecule has 0 fully saturated rings. The first-order valence-corrected chi connectivity index (χ1v) is 8.87. The normalized spacial score (nSPS) is 11.3. The second-order valence-corrected chi connectivity index (χ2v) is 7.41. The van der Waals surface area contributed by atoms with Gasteiger partial charge in [0.25, 0.3) is 0 Å². The lowest BCUT2D eigenvalue weighted by molar-refractivity contribution is 0.354. The molecule has 0 aliphatic carbocycles. The van der Waals surface area contributed by atoms with Gasteiger partial charge in [-0.25, -0.2) is 8.42 Å². The van der Waals surface area contributed by atoms with Crippen molar-refractivity contribution in [1.82, 2.24) is 4.57 Å². The Kier molecular flexibility index (Phi) is 4.15. The summed E-state index contributed by atoms with van der Waals surface area (Å²) in [7, 11) is 0.986. The molecule has 0 spiro atoms. The van der Waals surface area contributed by atoms with Crippen LogP contribution in [0.2, 0.25) is 0 Å². The van der Waals surface area contributed by atoms with E-state index >= 15 is 0 Å². The van der Waals surface area contributed by atoms with E-state index in [-0.39, 0.29) is 9.79 Å². The molecule has 0 bridgehead atoms. The highest BCUT2D eigenvalue weighted by Crippen LogP contribution is 2.33. The molecule has 0 amide bonds. The molecular formula is C18H16N2O4S. The van der Waals surface area contributed by atoms with Gasteiger partial charge in [-0.05, 0) is 30.3 Å². The molecule has 0 saturated carbocycles. The Balaban J connectivity index is 2.18. The summed E-state index contributed by atoms with van der Waals surface area (Å²) < 4.78 is 38.0. The topological polar surface area (TPSA) is 81.3 Å². The van der Waals surface area contributed by atoms with Gasteiger partial charge in [-0.15, -0.1) is 0 Å². The molecule has 0 aliphatic rings. The molecule has 3 rings (SSSR count). The first-order valence-electron chi connectivity index (χ1n) is 7.38. The molecule has 25 heavy (non-hydrogen) atoms. The Hall–Kier alpha value is -2.98. The first-order chi connectivity index (χ1) is 11.9. The Morgan fingerprint density at radius 2 is 1.64 bits per heavy atom. The van der Waals surface area contributed by atoms with Gasteiger partial charge in [-0.2, -0.15) is 5.26 Å². The molecule has 0 N–H and O–H groups in total. The minimum atomic E-state index is -3.76. The molecule has 1 aromatic heterocycles. The van der Waals surface area contributed by atoms with Crippen molar-refractivity contribution in [3.8, 4) is 17.6 Å². The van der Waals surface area contributed by atoms with Crippen molar-refractivity contribution < 1.29 is 17.9 Å². The van der Waals surface area contributed by atoms with Gasteiger partial charge in [-0.1, -0.05) is 0 Å². The third kappa shape index (κ3) is 2.71. The molecule has 0 saturated heterocycles. The molecule has 1 heterocycles. The largest absolute Gasteiger partial charge is 0.493 e. The van der Waals surface area contributed by atoms with Crippen LogP contribution in [0.3, 0.4) is 0 Å². The average Bonchev–Trinajstić information content (AvgIpc) is 2.96. The highest BCUT2D eigenvalue weighted by Gasteiger charge is 2.21. The summed E-state index contributed by atoms with van der Waals surface area (Å²) in [5, 5.41) is 9.85. The molecular weight excluding hydrogens is 340 g/mol. The number of hydrogen-bond acceptors (Lipinski definition) is 5. The predicted molar refractivity (Wildman–Crippen MR) is 92.6 cm³/mol. The molecule has 6 nitrogen and oxygen atoms in total. The standard InChI is InChI=1S/C18H16N2O4S/c1-20-11-12(10-19)15-8-13(4-6-16(15)20)25(21,22)14-5-7-17(23-2)18(9-14)24-3/h4-9,11H,1-3H3. The Morgan fingerprint density at radius 3 is 2.28 bits per heavy atom. The molecule has 0 unspecified atom stereocenters. The van der Waals surface area contributed by atoms with Crippen molar-refractivity contribution in [1.29, 1.82) is 5.26 Å². The highest BCUT2D eigenvalue weighted by molar-refractivity contribution is 7.91. The number of fused-ring (bicyclic) bond motifs is 1. The van der Waals surface area contributed by atoms with Gasteiger partial charge in [0.05, 0.1) is 29.6 Å². The predicted octanol–water partition coefficient (Wildman–Crippen LogP) is 2.90. The average molecular weight is 356 g/mol. The van der Waals surface area contributed by atoms with Crippen molar-refractivity contribution in [3.05, 3.63) is 48.2 Å². The maximum atomic E-state index is 13.0. The van der Waals surface area contributed by atoms with Gasteiger partial charge in [-0.3, -0.25) is 0 Å². The van der Waals surface area contributed by atoms with Gasteiger partial charge >= 0.3 is 0 Å². The smallest absolute Gasteiger partial charge is 0.206 e. The quantitative estimate of drug-likeness (QED) is 0.718. The van der Waals surface area contributed by atoms with Crippen LogP contribution in [0, 0.1) is 11.3 Å². The van der Waals surface area contributed by atoms with Gasteiger partial charge in [0, 0.05) is 30.2 Å². The van der Waals surface area contributed by atoms with Crippen LogP contribution in [0.4, 0.5) is 0 Å². The van der Waals surface area contributed by atoms with E-state index in [1.54, 1.807) is 22.9 Å². The molecule has 2 aromatic carbocycles. The number of rotatable bonds is 4. The van der Waals surface area contributed by atoms with E-state index in [1.807, 2.05) is 7.05 Å². The number of benzene rings is 2. The summed E-state index contributed by atoms with van der Waals surface area (Å²) in [5.41, 5.74) is 1.23. The number of methoxy groups -OCH3 is 2. The number of sulfone groups is 1. The number of aryl methyl sites for hydroxylation is 1. The Morgan fingerprint density at radius 1 is 1.00 bits per heavy atom. The summed E-state index contributed by atoms with van der Waals surface area (Å²) >= 11 is 0. The van der Waals surface area contributed by atoms with E-state index in [0.717, 1.165) is 5.52 Å². The number of hydrogen-bond donors (Lipinski definition) is 0. The number of aromatic nitrogens is 1. The third-order valence-electron chi connectivity index (χ3n) is 4.06. The summed E-state index contributed by atoms with van der Waals surface area (Å²) in [6.45, 7) is 0. The fourth-order valence-corrected chi connectivity index (χ4v) is 4.05. The second-order valence-electron chi connectivity index (χ2n) is 5.46. The van der Waals surface area contributed by atoms with Gasteiger partial charge in [0.2, 0.25) is 9.84 Å². The van der Waals surface area contributed by atoms with E-state index in [0.29, 0.717) is 22.4 Å². The fraction of sp³-hybridized carbons (Fsp3) is 0.167. The lowest BCUT2D eigenvalue weighted by atomic mass is 10.2. The van der Waals surface area contributed by atoms with Crippen LogP contribution in [0.1, 0.15) is 5.56 Å². The molecule has 0 aliphatic heterocycles. The SMILES string of the molecule is COc1ccc(S(=O)(=O)c2ccc3c(c2)c(C#N)cn3C)cc1OC. The van der Waals surface area contributed by atoms with Crippen molar-refractivity contribution in [2.75, 3.05) is 14.2 Å². The molecule has 0 radical (unpaired) electrons. The summed E-state index contributed by atoms with van der Waals surface area (Å²) in [6, 6.07) is 11.3. The zero-order valence-corrected chi connectivity index (χ0v) is 14.8. The maximum Gasteiger partial charge on any atom is 0.206 e. The first kappa shape index (κ1) is 16.9. The second kappa shape index (κ2) is 6.15. The molecule has 0 atom stereocenters. The van der Waals surface area contributed by atoms with Gasteiger partial charge < -0.3 is 14.0 Å². The Labute approximate surface area is 145 Å². The van der Waals surface area contributed by atoms with E-state index < -0.39 is 9.84 Å². The molecule has 128 valence electrons. The van der Waals surface area contributed by atoms with E-state index in [2.05, 4.69) is 6.07 Å². The minimum absolute atomic E-state index is 0.0962. The molecule has 3 aromatic rings. The Bertz CT molecular complexity index is 1110. The van der Waals surface area contributed by atoms with Crippen LogP contribution in [0.15, 0.2) is 52.4 Å². The van der Waals surface area contributed by atoms with E-state index in [1.165, 1.54) is 38.5 Å². The molecule has 7 heteroatoms. The van der Waals surface area contributed by atoms with Crippen LogP contribution in [0.25, 0.3) is 10.9 Å². The van der Waals surface area contributed by atoms with Crippen LogP contribution in [0.5, 0.6) is 11.5 Å². The van der Waals surface area contributed by atoms with Crippen molar-refractivity contribution >= 4 is 20.7 Å². The fourth-order valence-electron chi connectivity index (χ4n) is 2.75. The minimum Gasteiger partial charge on any atom is -0.493 e. The maximum absolute atomic E-state index is 13.0. The number of nitriles is 1. The summed E-state index contributed by atoms with van der Waals surface area (Å²) in [5.74, 6) is 0.786. The zero-order valence-electron chi connectivity index (χ0n) is 14.0. The van der Waals surface area contributed by atoms with Crippen LogP contribution < -0.4 is 9.47 Å². The lowest BCUT2D eigenvalue weighted by Gasteiger charge is -2.10. The van der Waals surface area contributed by atoms with Gasteiger partial charge in [0.15, 0.2) is 11.5 Å². The van der Waals surface area contributed by atoms with Crippen LogP contribution in [-0.2, 0) is 16.9 Å². The number of nitrogens with zero attached hydrogens (tertiary/aromatic N) is 2. The monoisotopic (exact) mass is 356 g/mol. The van der Waals surface area contributed by atoms with Gasteiger partial charge in [0.1, 0.15) is 6.07 Å². The summed E-state index contributed by atoms with van der Waals surface area (Å²) in [4.78, 5) is 0.217. The van der Waals surface area contributed by atoms with Crippen LogP contribution in [-0.4, -0.2) is 27.2 Å². The number of ether oxygens (including phenoxy) is 2. The zero-order chi connectivity index (χ0) is 18.2. The van der Waals surface area contributed by atoms with Crippen molar-refractivity contribution in [3.63, 3.8) is 0 Å². The van der Waals surface area contributed by atoms with Crippen molar-refractivity contribution in [2.24, 2.45) is 7.05 Å². The highest BCUT2D eigenvalue weighted by atomic mass is 32.2. The van der Waals surface area contributed by atoms with E-state index in [4.69, 9.17) is 9.47 Å². The van der Waals surface area contributed by atoms with Crippen LogP contribution >= 0.6 is 0 Å². The lowest BCUT2D eigenvalue weighted by Crippen LogP contribution is -2.03. The third-order valence-corrected chi connectivity index (χ3v) is 5.81. The van der Waals surface area contributed by atoms with Crippen molar-refractivity contribution in [2.45, 2.75) is 9.79 Å².